The molecule has 1 aromatic carbocycles. The fourth-order valence-corrected chi connectivity index (χ4v) is 1.93. The molecular weight excluding hydrogens is 264 g/mol. The van der Waals surface area contributed by atoms with E-state index in [0.717, 1.165) is 12.0 Å². The molecule has 0 aliphatic heterocycles. The van der Waals surface area contributed by atoms with Crippen LogP contribution in [0.1, 0.15) is 22.8 Å². The summed E-state index contributed by atoms with van der Waals surface area (Å²) in [6, 6.07) is 8.81. The smallest absolute Gasteiger partial charge is 0.261 e. The maximum Gasteiger partial charge on any atom is 0.261 e. The summed E-state index contributed by atoms with van der Waals surface area (Å²) in [6.45, 7) is 2.00. The van der Waals surface area contributed by atoms with Gasteiger partial charge in [0.2, 0.25) is 0 Å². The molecule has 0 aliphatic carbocycles. The van der Waals surface area contributed by atoms with Crippen molar-refractivity contribution in [3.63, 3.8) is 0 Å². The number of amides is 1. The highest BCUT2D eigenvalue weighted by molar-refractivity contribution is 6.30. The van der Waals surface area contributed by atoms with Crippen LogP contribution in [-0.4, -0.2) is 10.9 Å². The highest BCUT2D eigenvalue weighted by Gasteiger charge is 2.12. The number of carbonyl (C=O) groups excluding carboxylic acids is 1. The molecular formula is C14H13ClN2O2. The van der Waals surface area contributed by atoms with E-state index < -0.39 is 11.5 Å². The van der Waals surface area contributed by atoms with Crippen molar-refractivity contribution in [2.24, 2.45) is 0 Å². The first-order valence-corrected chi connectivity index (χ1v) is 6.27. The van der Waals surface area contributed by atoms with Crippen LogP contribution >= 0.6 is 11.6 Å². The lowest BCUT2D eigenvalue weighted by Crippen LogP contribution is -2.23. The number of hydrogen-bond donors (Lipinski definition) is 2. The topological polar surface area (TPSA) is 62.0 Å². The number of aromatic amines is 1. The van der Waals surface area contributed by atoms with Gasteiger partial charge in [0, 0.05) is 11.9 Å². The van der Waals surface area contributed by atoms with Gasteiger partial charge in [0.05, 0.1) is 5.02 Å². The Balaban J connectivity index is 2.31. The predicted molar refractivity (Wildman–Crippen MR) is 75.8 cm³/mol. The van der Waals surface area contributed by atoms with E-state index in [1.807, 2.05) is 25.1 Å². The number of rotatable bonds is 3. The van der Waals surface area contributed by atoms with Crippen molar-refractivity contribution in [2.45, 2.75) is 13.3 Å². The van der Waals surface area contributed by atoms with E-state index in [0.29, 0.717) is 10.7 Å². The third kappa shape index (κ3) is 3.03. The number of carbonyl (C=O) groups is 1. The second kappa shape index (κ2) is 5.71. The molecule has 0 radical (unpaired) electrons. The third-order valence-electron chi connectivity index (χ3n) is 2.76. The van der Waals surface area contributed by atoms with Gasteiger partial charge in [0.1, 0.15) is 5.56 Å². The normalized spacial score (nSPS) is 10.2. The van der Waals surface area contributed by atoms with Gasteiger partial charge in [-0.2, -0.15) is 0 Å². The summed E-state index contributed by atoms with van der Waals surface area (Å²) in [5.74, 6) is -0.468. The van der Waals surface area contributed by atoms with E-state index in [1.165, 1.54) is 12.3 Å². The monoisotopic (exact) mass is 276 g/mol. The fraction of sp³-hybridized carbons (Fsp3) is 0.143. The van der Waals surface area contributed by atoms with Crippen molar-refractivity contribution in [3.8, 4) is 0 Å². The molecule has 0 saturated carbocycles. The van der Waals surface area contributed by atoms with Crippen LogP contribution < -0.4 is 10.9 Å². The minimum Gasteiger partial charge on any atom is -0.327 e. The number of halogens is 1. The van der Waals surface area contributed by atoms with Crippen LogP contribution in [0.3, 0.4) is 0 Å². The molecule has 0 spiro atoms. The zero-order chi connectivity index (χ0) is 13.8. The first-order valence-electron chi connectivity index (χ1n) is 5.89. The van der Waals surface area contributed by atoms with Gasteiger partial charge < -0.3 is 10.3 Å². The van der Waals surface area contributed by atoms with Gasteiger partial charge in [-0.1, -0.05) is 36.7 Å². The summed E-state index contributed by atoms with van der Waals surface area (Å²) in [5, 5.41) is 3.04. The molecule has 0 bridgehead atoms. The number of anilines is 1. The number of para-hydroxylation sites is 1. The van der Waals surface area contributed by atoms with Crippen LogP contribution in [0.4, 0.5) is 5.69 Å². The molecule has 19 heavy (non-hydrogen) atoms. The molecule has 0 aliphatic rings. The summed E-state index contributed by atoms with van der Waals surface area (Å²) in [6.07, 6.45) is 2.14. The minimum atomic E-state index is -0.468. The lowest BCUT2D eigenvalue weighted by atomic mass is 10.1. The molecule has 1 aromatic heterocycles. The molecule has 0 saturated heterocycles. The van der Waals surface area contributed by atoms with Crippen LogP contribution in [0.15, 0.2) is 41.3 Å². The maximum absolute atomic E-state index is 12.1. The maximum atomic E-state index is 12.1. The molecule has 5 heteroatoms. The third-order valence-corrected chi connectivity index (χ3v) is 2.98. The number of benzene rings is 1. The Bertz CT molecular complexity index is 664. The Kier molecular flexibility index (Phi) is 4.02. The number of nitrogens with one attached hydrogen (secondary N) is 2. The summed E-state index contributed by atoms with van der Waals surface area (Å²) < 4.78 is 0. The van der Waals surface area contributed by atoms with E-state index in [-0.39, 0.29) is 5.56 Å². The van der Waals surface area contributed by atoms with Crippen molar-refractivity contribution in [1.82, 2.24) is 4.98 Å². The molecule has 98 valence electrons. The van der Waals surface area contributed by atoms with Crippen molar-refractivity contribution < 1.29 is 4.79 Å². The minimum absolute atomic E-state index is 0.00148. The molecule has 4 nitrogen and oxygen atoms in total. The predicted octanol–water partition coefficient (Wildman–Crippen LogP) is 2.84. The molecule has 1 amide bonds. The van der Waals surface area contributed by atoms with Crippen molar-refractivity contribution in [1.29, 1.82) is 0 Å². The van der Waals surface area contributed by atoms with Gasteiger partial charge in [0.25, 0.3) is 11.5 Å². The van der Waals surface area contributed by atoms with Crippen molar-refractivity contribution in [3.05, 3.63) is 63.0 Å². The number of aryl methyl sites for hydroxylation is 1. The van der Waals surface area contributed by atoms with Gasteiger partial charge in [0.15, 0.2) is 0 Å². The molecule has 2 aromatic rings. The number of hydrogen-bond acceptors (Lipinski definition) is 2. The van der Waals surface area contributed by atoms with E-state index in [9.17, 15) is 9.59 Å². The number of pyridine rings is 1. The largest absolute Gasteiger partial charge is 0.327 e. The van der Waals surface area contributed by atoms with E-state index in [4.69, 9.17) is 11.6 Å². The Hall–Kier alpha value is -2.07. The Morgan fingerprint density at radius 3 is 2.84 bits per heavy atom. The van der Waals surface area contributed by atoms with Crippen molar-refractivity contribution in [2.75, 3.05) is 5.32 Å². The molecule has 0 fully saturated rings. The second-order valence-electron chi connectivity index (χ2n) is 4.03. The molecule has 2 rings (SSSR count). The highest BCUT2D eigenvalue weighted by Crippen LogP contribution is 2.16. The Morgan fingerprint density at radius 1 is 1.37 bits per heavy atom. The zero-order valence-corrected chi connectivity index (χ0v) is 11.1. The van der Waals surface area contributed by atoms with Crippen LogP contribution in [0.25, 0.3) is 0 Å². The van der Waals surface area contributed by atoms with E-state index in [2.05, 4.69) is 10.3 Å². The summed E-state index contributed by atoms with van der Waals surface area (Å²) in [7, 11) is 0. The lowest BCUT2D eigenvalue weighted by molar-refractivity contribution is 0.102. The van der Waals surface area contributed by atoms with Crippen LogP contribution in [0, 0.1) is 0 Å². The molecule has 2 N–H and O–H groups in total. The van der Waals surface area contributed by atoms with Gasteiger partial charge in [-0.05, 0) is 24.1 Å². The first-order chi connectivity index (χ1) is 9.11. The first kappa shape index (κ1) is 13.4. The Morgan fingerprint density at radius 2 is 2.11 bits per heavy atom. The lowest BCUT2D eigenvalue weighted by Gasteiger charge is -2.09. The number of aromatic nitrogens is 1. The summed E-state index contributed by atoms with van der Waals surface area (Å²) in [5.41, 5.74) is 1.25. The summed E-state index contributed by atoms with van der Waals surface area (Å²) in [4.78, 5) is 26.1. The van der Waals surface area contributed by atoms with Crippen LogP contribution in [-0.2, 0) is 6.42 Å². The molecule has 0 unspecified atom stereocenters. The standard InChI is InChI=1S/C14H13ClN2O2/c1-2-9-5-3-4-6-12(9)17-14(19)11-7-10(15)8-16-13(11)18/h3-8H,2H2,1H3,(H,16,18)(H,17,19). The molecule has 0 atom stereocenters. The number of H-pyrrole nitrogens is 1. The van der Waals surface area contributed by atoms with Crippen LogP contribution in [0.2, 0.25) is 5.02 Å². The van der Waals surface area contributed by atoms with Crippen LogP contribution in [0.5, 0.6) is 0 Å². The van der Waals surface area contributed by atoms with Crippen molar-refractivity contribution >= 4 is 23.2 Å². The average molecular weight is 277 g/mol. The van der Waals surface area contributed by atoms with E-state index in [1.54, 1.807) is 6.07 Å². The van der Waals surface area contributed by atoms with Gasteiger partial charge in [-0.25, -0.2) is 0 Å². The quantitative estimate of drug-likeness (QED) is 0.905. The van der Waals surface area contributed by atoms with E-state index >= 15 is 0 Å². The van der Waals surface area contributed by atoms with Gasteiger partial charge in [-0.3, -0.25) is 9.59 Å². The average Bonchev–Trinajstić information content (AvgIpc) is 2.42. The van der Waals surface area contributed by atoms with Gasteiger partial charge in [-0.15, -0.1) is 0 Å². The SMILES string of the molecule is CCc1ccccc1NC(=O)c1cc(Cl)c[nH]c1=O. The van der Waals surface area contributed by atoms with Gasteiger partial charge >= 0.3 is 0 Å². The Labute approximate surface area is 115 Å². The highest BCUT2D eigenvalue weighted by atomic mass is 35.5. The zero-order valence-electron chi connectivity index (χ0n) is 10.4. The molecule has 1 heterocycles. The fourth-order valence-electron chi connectivity index (χ4n) is 1.77. The summed E-state index contributed by atoms with van der Waals surface area (Å²) >= 11 is 5.77. The second-order valence-corrected chi connectivity index (χ2v) is 4.46.